The van der Waals surface area contributed by atoms with Crippen LogP contribution in [0.1, 0.15) is 19.4 Å². The molecule has 0 spiro atoms. The van der Waals surface area contributed by atoms with E-state index in [1.54, 1.807) is 12.1 Å². The quantitative estimate of drug-likeness (QED) is 0.858. The van der Waals surface area contributed by atoms with Crippen molar-refractivity contribution < 1.29 is 5.11 Å². The van der Waals surface area contributed by atoms with Crippen molar-refractivity contribution >= 4 is 0 Å². The van der Waals surface area contributed by atoms with Crippen molar-refractivity contribution in [3.63, 3.8) is 0 Å². The Morgan fingerprint density at radius 1 is 0.889 bits per heavy atom. The van der Waals surface area contributed by atoms with Gasteiger partial charge in [-0.1, -0.05) is 50.2 Å². The maximum atomic E-state index is 9.26. The fraction of sp³-hybridized carbons (Fsp3) is 0.250. The highest BCUT2D eigenvalue weighted by atomic mass is 16.3. The molecule has 0 bridgehead atoms. The molecule has 0 fully saturated rings. The van der Waals surface area contributed by atoms with Crippen LogP contribution in [0, 0.1) is 0 Å². The molecule has 0 unspecified atom stereocenters. The average molecular weight is 241 g/mol. The zero-order valence-electron chi connectivity index (χ0n) is 10.9. The van der Waals surface area contributed by atoms with E-state index in [2.05, 4.69) is 43.4 Å². The molecule has 18 heavy (non-hydrogen) atoms. The molecule has 2 rings (SSSR count). The summed E-state index contributed by atoms with van der Waals surface area (Å²) in [5.74, 6) is 0.302. The van der Waals surface area contributed by atoms with Gasteiger partial charge in [0.15, 0.2) is 0 Å². The first-order valence-electron chi connectivity index (χ1n) is 6.27. The van der Waals surface area contributed by atoms with Crippen LogP contribution in [0.5, 0.6) is 5.75 Å². The second-order valence-corrected chi connectivity index (χ2v) is 4.78. The van der Waals surface area contributed by atoms with Crippen molar-refractivity contribution in [3.05, 3.63) is 54.1 Å². The number of hydrogen-bond donors (Lipinski definition) is 2. The summed E-state index contributed by atoms with van der Waals surface area (Å²) in [4.78, 5) is 0. The SMILES string of the molecule is CC(C)NCc1ccc(-c2ccc(O)cc2)cc1. The second-order valence-electron chi connectivity index (χ2n) is 4.78. The van der Waals surface area contributed by atoms with E-state index in [-0.39, 0.29) is 0 Å². The molecule has 0 atom stereocenters. The predicted molar refractivity (Wildman–Crippen MR) is 75.5 cm³/mol. The molecule has 0 heterocycles. The number of benzene rings is 2. The van der Waals surface area contributed by atoms with Crippen LogP contribution in [0.4, 0.5) is 0 Å². The van der Waals surface area contributed by atoms with Crippen LogP contribution in [0.25, 0.3) is 11.1 Å². The van der Waals surface area contributed by atoms with E-state index in [9.17, 15) is 5.11 Å². The van der Waals surface area contributed by atoms with Gasteiger partial charge in [-0.05, 0) is 28.8 Å². The molecular weight excluding hydrogens is 222 g/mol. The highest BCUT2D eigenvalue weighted by molar-refractivity contribution is 5.64. The molecule has 0 aliphatic carbocycles. The minimum absolute atomic E-state index is 0.302. The number of phenols is 1. The zero-order valence-corrected chi connectivity index (χ0v) is 10.9. The third-order valence-electron chi connectivity index (χ3n) is 2.87. The van der Waals surface area contributed by atoms with Crippen molar-refractivity contribution in [1.82, 2.24) is 5.32 Å². The van der Waals surface area contributed by atoms with E-state index in [1.165, 1.54) is 11.1 Å². The van der Waals surface area contributed by atoms with E-state index in [4.69, 9.17) is 0 Å². The minimum Gasteiger partial charge on any atom is -0.508 e. The van der Waals surface area contributed by atoms with Gasteiger partial charge in [0, 0.05) is 12.6 Å². The Kier molecular flexibility index (Phi) is 4.00. The van der Waals surface area contributed by atoms with Gasteiger partial charge in [0.05, 0.1) is 0 Å². The van der Waals surface area contributed by atoms with Crippen LogP contribution >= 0.6 is 0 Å². The predicted octanol–water partition coefficient (Wildman–Crippen LogP) is 3.56. The number of phenolic OH excluding ortho intramolecular Hbond substituents is 1. The molecule has 2 heteroatoms. The van der Waals surface area contributed by atoms with Gasteiger partial charge < -0.3 is 10.4 Å². The third kappa shape index (κ3) is 3.34. The Morgan fingerprint density at radius 3 is 1.89 bits per heavy atom. The van der Waals surface area contributed by atoms with E-state index < -0.39 is 0 Å². The summed E-state index contributed by atoms with van der Waals surface area (Å²) in [6, 6.07) is 16.3. The van der Waals surface area contributed by atoms with Crippen molar-refractivity contribution in [2.45, 2.75) is 26.4 Å². The van der Waals surface area contributed by atoms with Gasteiger partial charge in [-0.25, -0.2) is 0 Å². The summed E-state index contributed by atoms with van der Waals surface area (Å²) < 4.78 is 0. The van der Waals surface area contributed by atoms with E-state index >= 15 is 0 Å². The first-order valence-corrected chi connectivity index (χ1v) is 6.27. The Balaban J connectivity index is 2.09. The fourth-order valence-electron chi connectivity index (χ4n) is 1.79. The summed E-state index contributed by atoms with van der Waals surface area (Å²) in [7, 11) is 0. The Bertz CT molecular complexity index is 486. The van der Waals surface area contributed by atoms with Gasteiger partial charge in [0.2, 0.25) is 0 Å². The lowest BCUT2D eigenvalue weighted by Gasteiger charge is -2.09. The van der Waals surface area contributed by atoms with Gasteiger partial charge in [-0.15, -0.1) is 0 Å². The molecule has 2 aromatic carbocycles. The number of nitrogens with one attached hydrogen (secondary N) is 1. The van der Waals surface area contributed by atoms with Gasteiger partial charge in [0.25, 0.3) is 0 Å². The number of hydrogen-bond acceptors (Lipinski definition) is 2. The lowest BCUT2D eigenvalue weighted by molar-refractivity contribution is 0.475. The first kappa shape index (κ1) is 12.7. The van der Waals surface area contributed by atoms with Crippen molar-refractivity contribution in [1.29, 1.82) is 0 Å². The largest absolute Gasteiger partial charge is 0.508 e. The normalized spacial score (nSPS) is 10.8. The van der Waals surface area contributed by atoms with Crippen LogP contribution in [-0.4, -0.2) is 11.1 Å². The lowest BCUT2D eigenvalue weighted by Crippen LogP contribution is -2.21. The molecule has 0 saturated heterocycles. The van der Waals surface area contributed by atoms with Crippen LogP contribution in [0.3, 0.4) is 0 Å². The fourth-order valence-corrected chi connectivity index (χ4v) is 1.79. The minimum atomic E-state index is 0.302. The zero-order chi connectivity index (χ0) is 13.0. The van der Waals surface area contributed by atoms with Crippen molar-refractivity contribution in [2.75, 3.05) is 0 Å². The lowest BCUT2D eigenvalue weighted by atomic mass is 10.0. The van der Waals surface area contributed by atoms with Gasteiger partial charge in [-0.2, -0.15) is 0 Å². The third-order valence-corrected chi connectivity index (χ3v) is 2.87. The van der Waals surface area contributed by atoms with Gasteiger partial charge in [-0.3, -0.25) is 0 Å². The topological polar surface area (TPSA) is 32.3 Å². The van der Waals surface area contributed by atoms with Crippen LogP contribution in [0.15, 0.2) is 48.5 Å². The van der Waals surface area contributed by atoms with Gasteiger partial charge in [0.1, 0.15) is 5.75 Å². The summed E-state index contributed by atoms with van der Waals surface area (Å²) >= 11 is 0. The highest BCUT2D eigenvalue weighted by Crippen LogP contribution is 2.22. The van der Waals surface area contributed by atoms with E-state index in [0.29, 0.717) is 11.8 Å². The monoisotopic (exact) mass is 241 g/mol. The van der Waals surface area contributed by atoms with Crippen LogP contribution in [0.2, 0.25) is 0 Å². The molecule has 2 N–H and O–H groups in total. The standard InChI is InChI=1S/C16H19NO/c1-12(2)17-11-13-3-5-14(6-4-13)15-7-9-16(18)10-8-15/h3-10,12,17-18H,11H2,1-2H3. The maximum Gasteiger partial charge on any atom is 0.115 e. The first-order chi connectivity index (χ1) is 8.65. The highest BCUT2D eigenvalue weighted by Gasteiger charge is 1.99. The number of rotatable bonds is 4. The smallest absolute Gasteiger partial charge is 0.115 e. The van der Waals surface area contributed by atoms with Crippen molar-refractivity contribution in [3.8, 4) is 16.9 Å². The summed E-state index contributed by atoms with van der Waals surface area (Å²) in [6.45, 7) is 5.18. The molecule has 0 aliphatic heterocycles. The molecule has 0 amide bonds. The molecule has 0 radical (unpaired) electrons. The van der Waals surface area contributed by atoms with E-state index in [1.807, 2.05) is 12.1 Å². The Morgan fingerprint density at radius 2 is 1.39 bits per heavy atom. The molecule has 2 nitrogen and oxygen atoms in total. The van der Waals surface area contributed by atoms with Gasteiger partial charge >= 0.3 is 0 Å². The van der Waals surface area contributed by atoms with Crippen LogP contribution in [-0.2, 0) is 6.54 Å². The Labute approximate surface area is 108 Å². The number of aromatic hydroxyl groups is 1. The molecule has 0 saturated carbocycles. The average Bonchev–Trinajstić information content (AvgIpc) is 2.38. The maximum absolute atomic E-state index is 9.26. The summed E-state index contributed by atoms with van der Waals surface area (Å²) in [6.07, 6.45) is 0. The summed E-state index contributed by atoms with van der Waals surface area (Å²) in [5.41, 5.74) is 3.57. The summed E-state index contributed by atoms with van der Waals surface area (Å²) in [5, 5.41) is 12.7. The molecule has 2 aromatic rings. The Hall–Kier alpha value is -1.80. The van der Waals surface area contributed by atoms with E-state index in [0.717, 1.165) is 12.1 Å². The second kappa shape index (κ2) is 5.69. The van der Waals surface area contributed by atoms with Crippen LogP contribution < -0.4 is 5.32 Å². The molecule has 0 aromatic heterocycles. The molecular formula is C16H19NO. The molecule has 0 aliphatic rings. The van der Waals surface area contributed by atoms with Crippen molar-refractivity contribution in [2.24, 2.45) is 0 Å². The molecule has 94 valence electrons.